The monoisotopic (exact) mass is 319 g/mol. The fraction of sp³-hybridized carbons (Fsp3) is 0.375. The van der Waals surface area contributed by atoms with Gasteiger partial charge in [-0.3, -0.25) is 0 Å². The summed E-state index contributed by atoms with van der Waals surface area (Å²) in [5, 5.41) is 12.8. The number of hydrogen-bond donors (Lipinski definition) is 1. The fourth-order valence-electron chi connectivity index (χ4n) is 2.47. The maximum absolute atomic E-state index is 11.0. The van der Waals surface area contributed by atoms with Crippen LogP contribution in [0.4, 0.5) is 0 Å². The number of aromatic nitrogens is 1. The summed E-state index contributed by atoms with van der Waals surface area (Å²) < 4.78 is 21.7. The molecule has 1 aliphatic heterocycles. The first-order valence-electron chi connectivity index (χ1n) is 7.31. The van der Waals surface area contributed by atoms with Crippen LogP contribution >= 0.6 is 0 Å². The molecule has 1 fully saturated rings. The molecule has 2 aromatic rings. The molecule has 7 nitrogen and oxygen atoms in total. The Labute approximate surface area is 132 Å². The molecule has 2 heterocycles. The predicted octanol–water partition coefficient (Wildman–Crippen LogP) is 2.61. The summed E-state index contributed by atoms with van der Waals surface area (Å²) in [4.78, 5) is 11.0. The third kappa shape index (κ3) is 3.29. The van der Waals surface area contributed by atoms with Crippen LogP contribution in [-0.4, -0.2) is 42.7 Å². The number of hydrogen-bond acceptors (Lipinski definition) is 6. The SMILES string of the molecule is COc1cccc(-c2cc(C(=O)O)on2)c1OC1CCCOC1. The van der Waals surface area contributed by atoms with Crippen molar-refractivity contribution in [3.8, 4) is 22.8 Å². The van der Waals surface area contributed by atoms with Crippen LogP contribution in [-0.2, 0) is 4.74 Å². The minimum Gasteiger partial charge on any atom is -0.493 e. The Balaban J connectivity index is 1.96. The Kier molecular flexibility index (Phi) is 4.47. The normalized spacial score (nSPS) is 17.7. The standard InChI is InChI=1S/C16H17NO6/c1-20-13-6-2-5-11(12-8-14(16(18)19)23-17-12)15(13)22-10-4-3-7-21-9-10/h2,5-6,8,10H,3-4,7,9H2,1H3,(H,18,19). The van der Waals surface area contributed by atoms with Crippen molar-refractivity contribution >= 4 is 5.97 Å². The molecule has 1 unspecified atom stereocenters. The van der Waals surface area contributed by atoms with Gasteiger partial charge < -0.3 is 23.8 Å². The third-order valence-electron chi connectivity index (χ3n) is 3.60. The van der Waals surface area contributed by atoms with Crippen LogP contribution in [0, 0.1) is 0 Å². The Morgan fingerprint density at radius 3 is 2.96 bits per heavy atom. The van der Waals surface area contributed by atoms with Gasteiger partial charge in [-0.25, -0.2) is 4.79 Å². The van der Waals surface area contributed by atoms with Crippen molar-refractivity contribution in [1.29, 1.82) is 0 Å². The van der Waals surface area contributed by atoms with E-state index < -0.39 is 5.97 Å². The second-order valence-electron chi connectivity index (χ2n) is 5.18. The highest BCUT2D eigenvalue weighted by atomic mass is 16.5. The molecule has 7 heteroatoms. The summed E-state index contributed by atoms with van der Waals surface area (Å²) in [6.07, 6.45) is 1.74. The lowest BCUT2D eigenvalue weighted by atomic mass is 10.1. The summed E-state index contributed by atoms with van der Waals surface area (Å²) in [5.74, 6) is -0.340. The van der Waals surface area contributed by atoms with E-state index in [9.17, 15) is 4.79 Å². The molecule has 0 spiro atoms. The van der Waals surface area contributed by atoms with Crippen LogP contribution in [0.25, 0.3) is 11.3 Å². The molecular weight excluding hydrogens is 302 g/mol. The van der Waals surface area contributed by atoms with Crippen LogP contribution in [0.3, 0.4) is 0 Å². The van der Waals surface area contributed by atoms with Gasteiger partial charge in [-0.1, -0.05) is 11.2 Å². The molecule has 1 aromatic carbocycles. The van der Waals surface area contributed by atoms with Crippen LogP contribution in [0.2, 0.25) is 0 Å². The lowest BCUT2D eigenvalue weighted by Gasteiger charge is -2.25. The van der Waals surface area contributed by atoms with Gasteiger partial charge >= 0.3 is 5.97 Å². The number of carboxylic acids is 1. The van der Waals surface area contributed by atoms with E-state index in [-0.39, 0.29) is 11.9 Å². The molecule has 122 valence electrons. The zero-order valence-electron chi connectivity index (χ0n) is 12.7. The van der Waals surface area contributed by atoms with E-state index in [0.717, 1.165) is 19.4 Å². The van der Waals surface area contributed by atoms with Gasteiger partial charge in [0.2, 0.25) is 5.76 Å². The van der Waals surface area contributed by atoms with E-state index in [2.05, 4.69) is 5.16 Å². The largest absolute Gasteiger partial charge is 0.493 e. The van der Waals surface area contributed by atoms with E-state index in [4.69, 9.17) is 23.8 Å². The number of ether oxygens (including phenoxy) is 3. The van der Waals surface area contributed by atoms with Gasteiger partial charge in [0.25, 0.3) is 0 Å². The van der Waals surface area contributed by atoms with Gasteiger partial charge in [0, 0.05) is 18.2 Å². The van der Waals surface area contributed by atoms with Crippen molar-refractivity contribution in [3.63, 3.8) is 0 Å². The summed E-state index contributed by atoms with van der Waals surface area (Å²) >= 11 is 0. The first kappa shape index (κ1) is 15.4. The molecule has 0 radical (unpaired) electrons. The van der Waals surface area contributed by atoms with Crippen molar-refractivity contribution in [2.75, 3.05) is 20.3 Å². The molecule has 0 saturated carbocycles. The summed E-state index contributed by atoms with van der Waals surface area (Å²) in [6, 6.07) is 6.71. The predicted molar refractivity (Wildman–Crippen MR) is 79.9 cm³/mol. The van der Waals surface area contributed by atoms with Crippen molar-refractivity contribution in [1.82, 2.24) is 5.16 Å². The summed E-state index contributed by atoms with van der Waals surface area (Å²) in [6.45, 7) is 1.25. The zero-order valence-corrected chi connectivity index (χ0v) is 12.7. The van der Waals surface area contributed by atoms with E-state index >= 15 is 0 Å². The number of nitrogens with zero attached hydrogens (tertiary/aromatic N) is 1. The first-order valence-corrected chi connectivity index (χ1v) is 7.31. The molecule has 3 rings (SSSR count). The van der Waals surface area contributed by atoms with Gasteiger partial charge in [0.05, 0.1) is 13.7 Å². The second-order valence-corrected chi connectivity index (χ2v) is 5.18. The van der Waals surface area contributed by atoms with E-state index in [1.807, 2.05) is 0 Å². The molecule has 0 bridgehead atoms. The van der Waals surface area contributed by atoms with Gasteiger partial charge in [0.1, 0.15) is 11.8 Å². The Morgan fingerprint density at radius 1 is 1.43 bits per heavy atom. The van der Waals surface area contributed by atoms with Crippen LogP contribution in [0.1, 0.15) is 23.4 Å². The molecule has 0 amide bonds. The number of carboxylic acid groups (broad SMARTS) is 1. The smallest absolute Gasteiger partial charge is 0.374 e. The minimum absolute atomic E-state index is 0.0790. The molecule has 1 aliphatic rings. The lowest BCUT2D eigenvalue weighted by Crippen LogP contribution is -2.28. The number of para-hydroxylation sites is 1. The van der Waals surface area contributed by atoms with Crippen LogP contribution < -0.4 is 9.47 Å². The highest BCUT2D eigenvalue weighted by Gasteiger charge is 2.22. The minimum atomic E-state index is -1.17. The van der Waals surface area contributed by atoms with Crippen LogP contribution in [0.5, 0.6) is 11.5 Å². The quantitative estimate of drug-likeness (QED) is 0.905. The van der Waals surface area contributed by atoms with Crippen molar-refractivity contribution in [2.24, 2.45) is 0 Å². The molecule has 1 atom stereocenters. The van der Waals surface area contributed by atoms with Gasteiger partial charge in [0.15, 0.2) is 11.5 Å². The van der Waals surface area contributed by atoms with Crippen molar-refractivity contribution in [2.45, 2.75) is 18.9 Å². The number of benzene rings is 1. The number of aromatic carboxylic acids is 1. The topological polar surface area (TPSA) is 91.0 Å². The molecule has 23 heavy (non-hydrogen) atoms. The first-order chi connectivity index (χ1) is 11.2. The van der Waals surface area contributed by atoms with Gasteiger partial charge in [-0.15, -0.1) is 0 Å². The van der Waals surface area contributed by atoms with E-state index in [1.54, 1.807) is 25.3 Å². The highest BCUT2D eigenvalue weighted by Crippen LogP contribution is 2.39. The third-order valence-corrected chi connectivity index (χ3v) is 3.60. The molecule has 1 saturated heterocycles. The number of methoxy groups -OCH3 is 1. The highest BCUT2D eigenvalue weighted by molar-refractivity contribution is 5.86. The lowest BCUT2D eigenvalue weighted by molar-refractivity contribution is 0.00669. The average molecular weight is 319 g/mol. The van der Waals surface area contributed by atoms with Gasteiger partial charge in [-0.2, -0.15) is 0 Å². The second kappa shape index (κ2) is 6.70. The Morgan fingerprint density at radius 2 is 2.30 bits per heavy atom. The van der Waals surface area contributed by atoms with Gasteiger partial charge in [-0.05, 0) is 25.0 Å². The molecule has 1 aromatic heterocycles. The fourth-order valence-corrected chi connectivity index (χ4v) is 2.47. The molecular formula is C16H17NO6. The summed E-state index contributed by atoms with van der Waals surface area (Å²) in [7, 11) is 1.55. The Bertz CT molecular complexity index is 690. The average Bonchev–Trinajstić information content (AvgIpc) is 3.06. The zero-order chi connectivity index (χ0) is 16.2. The van der Waals surface area contributed by atoms with E-state index in [0.29, 0.717) is 29.4 Å². The maximum atomic E-state index is 11.0. The number of carbonyl (C=O) groups is 1. The molecule has 1 N–H and O–H groups in total. The van der Waals surface area contributed by atoms with E-state index in [1.165, 1.54) is 6.07 Å². The van der Waals surface area contributed by atoms with Crippen molar-refractivity contribution < 1.29 is 28.6 Å². The maximum Gasteiger partial charge on any atom is 0.374 e. The number of rotatable bonds is 5. The summed E-state index contributed by atoms with van der Waals surface area (Å²) in [5.41, 5.74) is 0.999. The van der Waals surface area contributed by atoms with Crippen molar-refractivity contribution in [3.05, 3.63) is 30.0 Å². The Hall–Kier alpha value is -2.54. The molecule has 0 aliphatic carbocycles. The van der Waals surface area contributed by atoms with Crippen LogP contribution in [0.15, 0.2) is 28.8 Å².